The Morgan fingerprint density at radius 3 is 2.25 bits per heavy atom. The molecule has 1 radical (unpaired) electrons. The van der Waals surface area contributed by atoms with Crippen LogP contribution in [0.25, 0.3) is 0 Å². The largest absolute Gasteiger partial charge is 0.750 e. The van der Waals surface area contributed by atoms with E-state index in [2.05, 4.69) is 27.2 Å². The number of rotatable bonds is 7. The van der Waals surface area contributed by atoms with E-state index in [1.165, 1.54) is 38.5 Å². The first-order valence-corrected chi connectivity index (χ1v) is 6.67. The van der Waals surface area contributed by atoms with Gasteiger partial charge < -0.3 is 15.5 Å². The van der Waals surface area contributed by atoms with E-state index in [1.807, 2.05) is 0 Å². The van der Waals surface area contributed by atoms with E-state index in [0.717, 1.165) is 5.92 Å². The smallest absolute Gasteiger partial charge is 0.0814 e. The molecule has 0 aliphatic rings. The van der Waals surface area contributed by atoms with Gasteiger partial charge in [-0.25, -0.2) is 4.21 Å². The second kappa shape index (κ2) is 18.5. The Morgan fingerprint density at radius 1 is 1.38 bits per heavy atom. The minimum Gasteiger partial charge on any atom is -0.750 e. The summed E-state index contributed by atoms with van der Waals surface area (Å²) in [6, 6.07) is 0. The average molecular weight is 325 g/mol. The molecule has 0 fully saturated rings. The van der Waals surface area contributed by atoms with Crippen molar-refractivity contribution < 1.29 is 46.0 Å². The molecule has 0 bridgehead atoms. The Hall–Kier alpha value is 1.17. The molecule has 0 aromatic rings. The summed E-state index contributed by atoms with van der Waals surface area (Å²) in [6.07, 6.45) is 10.5. The Kier molecular flexibility index (Phi) is 25.9. The van der Waals surface area contributed by atoms with Crippen molar-refractivity contribution in [2.45, 2.75) is 59.3 Å². The molecule has 0 heterocycles. The van der Waals surface area contributed by atoms with Gasteiger partial charge in [-0.3, -0.25) is 0 Å². The molecule has 1 N–H and O–H groups in total. The normalized spacial score (nSPS) is 13.1. The summed E-state index contributed by atoms with van der Waals surface area (Å²) in [7, 11) is 0. The van der Waals surface area contributed by atoms with Crippen molar-refractivity contribution in [2.75, 3.05) is 0 Å². The van der Waals surface area contributed by atoms with Crippen molar-refractivity contribution in [3.05, 3.63) is 6.42 Å². The van der Waals surface area contributed by atoms with Gasteiger partial charge >= 0.3 is 0 Å². The van der Waals surface area contributed by atoms with Crippen molar-refractivity contribution in [3.63, 3.8) is 0 Å². The van der Waals surface area contributed by atoms with Crippen molar-refractivity contribution in [1.82, 2.24) is 0 Å². The van der Waals surface area contributed by atoms with Gasteiger partial charge in [0.1, 0.15) is 0 Å². The molecule has 0 aliphatic heterocycles. The number of unbranched alkanes of at least 4 members (excludes halogenated alkanes) is 4. The zero-order valence-electron chi connectivity index (χ0n) is 10.6. The van der Waals surface area contributed by atoms with Gasteiger partial charge in [-0.05, 0) is 5.92 Å². The van der Waals surface area contributed by atoms with E-state index in [-0.39, 0.29) is 32.7 Å². The van der Waals surface area contributed by atoms with Gasteiger partial charge in [-0.2, -0.15) is 12.8 Å². The molecule has 0 aliphatic carbocycles. The third kappa shape index (κ3) is 29.5. The van der Waals surface area contributed by atoms with Gasteiger partial charge in [0.05, 0.1) is 11.4 Å². The Balaban J connectivity index is -0.000000292. The maximum Gasteiger partial charge on any atom is 0.0814 e. The quantitative estimate of drug-likeness (QED) is 0.442. The summed E-state index contributed by atoms with van der Waals surface area (Å²) >= 11 is -2.86. The first-order valence-electron chi connectivity index (χ1n) is 5.64. The molecule has 0 spiro atoms. The molecule has 0 aromatic heterocycles. The minimum absolute atomic E-state index is 0. The van der Waals surface area contributed by atoms with Crippen LogP contribution in [0.5, 0.6) is 0 Å². The van der Waals surface area contributed by atoms with E-state index in [9.17, 15) is 0 Å². The van der Waals surface area contributed by atoms with Crippen LogP contribution in [0.3, 0.4) is 0 Å². The number of hydrogen-bond acceptors (Lipinski definition) is 2. The molecule has 5 heteroatoms. The predicted octanol–water partition coefficient (Wildman–Crippen LogP) is 3.54. The van der Waals surface area contributed by atoms with Crippen LogP contribution in [-0.4, -0.2) is 13.3 Å². The van der Waals surface area contributed by atoms with Crippen LogP contribution in [0.4, 0.5) is 0 Å². The fourth-order valence-electron chi connectivity index (χ4n) is 1.10. The summed E-state index contributed by atoms with van der Waals surface area (Å²) in [5, 5.41) is 0. The van der Waals surface area contributed by atoms with Crippen LogP contribution in [-0.2, 0) is 44.1 Å². The fraction of sp³-hybridized carbons (Fsp3) is 0.909. The zero-order chi connectivity index (χ0) is 12.1. The third-order valence-corrected chi connectivity index (χ3v) is 2.32. The molecule has 3 nitrogen and oxygen atoms in total. The summed E-state index contributed by atoms with van der Waals surface area (Å²) in [5.74, 6) is 0.924. The topological polar surface area (TPSA) is 60.4 Å². The Labute approximate surface area is 128 Å². The first-order chi connectivity index (χ1) is 7.04. The summed E-state index contributed by atoms with van der Waals surface area (Å²) in [4.78, 5) is 0. The van der Waals surface area contributed by atoms with Gasteiger partial charge in [0.15, 0.2) is 0 Å². The molecule has 0 amide bonds. The minimum atomic E-state index is -2.86. The van der Waals surface area contributed by atoms with Gasteiger partial charge in [-0.1, -0.05) is 46.5 Å². The maximum absolute atomic E-state index is 8.56. The average Bonchev–Trinajstić information content (AvgIpc) is 2.16. The standard InChI is InChI=1S/C11H23.H2O3S.Y/c1-4-6-7-8-9-10-11(3)5-2;1-4(2)3;/h8,11H,4-7,9-10H2,1-3H3;(H2,1,2,3);/q-1;;/p-1. The SMILES string of the molecule is CCCC[CH-]CCC(C)CC.O=S([O-])O.[Y]. The molecule has 2 atom stereocenters. The second-order valence-corrected chi connectivity index (χ2v) is 4.17. The molecular weight excluding hydrogens is 301 g/mol. The molecule has 2 unspecified atom stereocenters. The van der Waals surface area contributed by atoms with Crippen LogP contribution in [0.15, 0.2) is 0 Å². The summed E-state index contributed by atoms with van der Waals surface area (Å²) in [5.41, 5.74) is 0. The van der Waals surface area contributed by atoms with E-state index >= 15 is 0 Å². The molecule has 16 heavy (non-hydrogen) atoms. The summed E-state index contributed by atoms with van der Waals surface area (Å²) < 4.78 is 24.1. The van der Waals surface area contributed by atoms with E-state index in [4.69, 9.17) is 13.3 Å². The fourth-order valence-corrected chi connectivity index (χ4v) is 1.10. The van der Waals surface area contributed by atoms with E-state index in [1.54, 1.807) is 0 Å². The third-order valence-electron chi connectivity index (χ3n) is 2.32. The van der Waals surface area contributed by atoms with Crippen molar-refractivity contribution >= 4 is 11.4 Å². The Morgan fingerprint density at radius 2 is 1.88 bits per heavy atom. The van der Waals surface area contributed by atoms with Crippen LogP contribution in [0, 0.1) is 12.3 Å². The van der Waals surface area contributed by atoms with E-state index in [0.29, 0.717) is 0 Å². The monoisotopic (exact) mass is 325 g/mol. The number of hydrogen-bond donors (Lipinski definition) is 1. The van der Waals surface area contributed by atoms with E-state index < -0.39 is 11.4 Å². The molecule has 0 saturated heterocycles. The predicted molar refractivity (Wildman–Crippen MR) is 64.1 cm³/mol. The Bertz CT molecular complexity index is 141. The van der Waals surface area contributed by atoms with Crippen molar-refractivity contribution in [2.24, 2.45) is 5.92 Å². The van der Waals surface area contributed by atoms with Crippen LogP contribution in [0.2, 0.25) is 0 Å². The van der Waals surface area contributed by atoms with Gasteiger partial charge in [0.2, 0.25) is 0 Å². The van der Waals surface area contributed by atoms with Crippen molar-refractivity contribution in [1.29, 1.82) is 0 Å². The first kappa shape index (κ1) is 22.4. The maximum atomic E-state index is 8.56. The molecule has 0 aromatic carbocycles. The molecular formula is C11H24O3SY-2. The van der Waals surface area contributed by atoms with Gasteiger partial charge in [0.25, 0.3) is 0 Å². The second-order valence-electron chi connectivity index (χ2n) is 3.74. The zero-order valence-corrected chi connectivity index (χ0v) is 14.3. The molecule has 0 saturated carbocycles. The van der Waals surface area contributed by atoms with Crippen LogP contribution < -0.4 is 0 Å². The van der Waals surface area contributed by atoms with Crippen molar-refractivity contribution in [3.8, 4) is 0 Å². The summed E-state index contributed by atoms with van der Waals surface area (Å²) in [6.45, 7) is 6.87. The van der Waals surface area contributed by atoms with Gasteiger partial charge in [-0.15, -0.1) is 0 Å². The van der Waals surface area contributed by atoms with Crippen LogP contribution in [0.1, 0.15) is 59.3 Å². The molecule has 0 rings (SSSR count). The van der Waals surface area contributed by atoms with Gasteiger partial charge in [0, 0.05) is 32.7 Å². The van der Waals surface area contributed by atoms with Crippen LogP contribution >= 0.6 is 0 Å². The molecule has 97 valence electrons.